The van der Waals surface area contributed by atoms with Crippen molar-refractivity contribution >= 4 is 27.5 Å². The standard InChI is InChI=1S/C24H24N4O6S/c1-33-20-9-7-17(14-21(20)35(31,32)28-11-2-3-12-28)24(30)27-18-8-10-22(26-15-18)34-19-6-4-5-16(13-19)23(25)29/h4-10,13-15H,2-3,11-12H2,1H3,(H2,25,29)(H,27,30). The van der Waals surface area contributed by atoms with E-state index in [1.807, 2.05) is 0 Å². The van der Waals surface area contributed by atoms with E-state index in [2.05, 4.69) is 10.3 Å². The fraction of sp³-hybridized carbons (Fsp3) is 0.208. The number of anilines is 1. The SMILES string of the molecule is COc1ccc(C(=O)Nc2ccc(Oc3cccc(C(N)=O)c3)nc2)cc1S(=O)(=O)N1CCCC1. The maximum absolute atomic E-state index is 13.1. The number of nitrogens with zero attached hydrogens (tertiary/aromatic N) is 2. The highest BCUT2D eigenvalue weighted by Crippen LogP contribution is 2.30. The Bertz CT molecular complexity index is 1350. The highest BCUT2D eigenvalue weighted by Gasteiger charge is 2.30. The second-order valence-electron chi connectivity index (χ2n) is 7.81. The maximum atomic E-state index is 13.1. The molecule has 1 aromatic heterocycles. The molecule has 1 saturated heterocycles. The number of aromatic nitrogens is 1. The molecule has 0 atom stereocenters. The normalized spacial score (nSPS) is 13.9. The van der Waals surface area contributed by atoms with Crippen molar-refractivity contribution in [2.75, 3.05) is 25.5 Å². The van der Waals surface area contributed by atoms with E-state index in [-0.39, 0.29) is 22.1 Å². The summed E-state index contributed by atoms with van der Waals surface area (Å²) >= 11 is 0. The van der Waals surface area contributed by atoms with Gasteiger partial charge in [0, 0.05) is 30.3 Å². The minimum Gasteiger partial charge on any atom is -0.495 e. The fourth-order valence-electron chi connectivity index (χ4n) is 3.64. The van der Waals surface area contributed by atoms with Gasteiger partial charge in [0.25, 0.3) is 5.91 Å². The van der Waals surface area contributed by atoms with Gasteiger partial charge in [-0.05, 0) is 55.3 Å². The first-order valence-electron chi connectivity index (χ1n) is 10.8. The maximum Gasteiger partial charge on any atom is 0.255 e. The first kappa shape index (κ1) is 24.2. The van der Waals surface area contributed by atoms with Gasteiger partial charge in [-0.1, -0.05) is 6.07 Å². The number of hydrogen-bond donors (Lipinski definition) is 2. The first-order valence-corrected chi connectivity index (χ1v) is 12.3. The second-order valence-corrected chi connectivity index (χ2v) is 9.72. The van der Waals surface area contributed by atoms with Crippen molar-refractivity contribution in [3.8, 4) is 17.4 Å². The Morgan fingerprint density at radius 3 is 2.46 bits per heavy atom. The second kappa shape index (κ2) is 10.1. The van der Waals surface area contributed by atoms with Crippen molar-refractivity contribution < 1.29 is 27.5 Å². The van der Waals surface area contributed by atoms with Crippen molar-refractivity contribution in [3.63, 3.8) is 0 Å². The Morgan fingerprint density at radius 1 is 1.03 bits per heavy atom. The molecule has 2 heterocycles. The Labute approximate surface area is 202 Å². The van der Waals surface area contributed by atoms with Crippen molar-refractivity contribution in [3.05, 3.63) is 71.9 Å². The molecular formula is C24H24N4O6S. The lowest BCUT2D eigenvalue weighted by molar-refractivity contribution is 0.0997. The van der Waals surface area contributed by atoms with Crippen molar-refractivity contribution in [2.45, 2.75) is 17.7 Å². The molecule has 3 N–H and O–H groups in total. The molecule has 0 unspecified atom stereocenters. The summed E-state index contributed by atoms with van der Waals surface area (Å²) in [4.78, 5) is 28.3. The molecule has 0 aliphatic carbocycles. The first-order chi connectivity index (χ1) is 16.8. The van der Waals surface area contributed by atoms with E-state index in [9.17, 15) is 18.0 Å². The third kappa shape index (κ3) is 5.42. The number of ether oxygens (including phenoxy) is 2. The molecule has 3 aromatic rings. The molecule has 0 radical (unpaired) electrons. The van der Waals surface area contributed by atoms with Crippen LogP contribution in [0.25, 0.3) is 0 Å². The van der Waals surface area contributed by atoms with Crippen LogP contribution in [0, 0.1) is 0 Å². The number of nitrogens with two attached hydrogens (primary N) is 1. The minimum absolute atomic E-state index is 0.0467. The molecule has 182 valence electrons. The number of amides is 2. The molecule has 2 aromatic carbocycles. The minimum atomic E-state index is -3.78. The van der Waals surface area contributed by atoms with Crippen LogP contribution in [-0.2, 0) is 10.0 Å². The molecule has 35 heavy (non-hydrogen) atoms. The van der Waals surface area contributed by atoms with Crippen molar-refractivity contribution in [1.29, 1.82) is 0 Å². The highest BCUT2D eigenvalue weighted by molar-refractivity contribution is 7.89. The lowest BCUT2D eigenvalue weighted by Gasteiger charge is -2.18. The van der Waals surface area contributed by atoms with E-state index >= 15 is 0 Å². The van der Waals surface area contributed by atoms with Gasteiger partial charge in [0.05, 0.1) is 19.0 Å². The Hall–Kier alpha value is -3.96. The molecule has 0 spiro atoms. The number of benzene rings is 2. The Kier molecular flexibility index (Phi) is 6.99. The molecule has 10 nitrogen and oxygen atoms in total. The summed E-state index contributed by atoms with van der Waals surface area (Å²) in [7, 11) is -2.40. The Morgan fingerprint density at radius 2 is 1.80 bits per heavy atom. The average Bonchev–Trinajstić information content (AvgIpc) is 3.41. The average molecular weight is 497 g/mol. The van der Waals surface area contributed by atoms with Crippen LogP contribution in [0.5, 0.6) is 17.4 Å². The molecule has 1 aliphatic heterocycles. The molecule has 2 amide bonds. The van der Waals surface area contributed by atoms with Crippen molar-refractivity contribution in [1.82, 2.24) is 9.29 Å². The van der Waals surface area contributed by atoms with Crippen LogP contribution in [0.15, 0.2) is 65.7 Å². The summed E-state index contributed by atoms with van der Waals surface area (Å²) in [6.07, 6.45) is 2.99. The van der Waals surface area contributed by atoms with E-state index in [1.165, 1.54) is 41.9 Å². The van der Waals surface area contributed by atoms with Crippen LogP contribution in [0.3, 0.4) is 0 Å². The van der Waals surface area contributed by atoms with Gasteiger partial charge in [-0.15, -0.1) is 0 Å². The molecule has 0 saturated carbocycles. The number of pyridine rings is 1. The van der Waals surface area contributed by atoms with E-state index < -0.39 is 21.8 Å². The van der Waals surface area contributed by atoms with Crippen LogP contribution >= 0.6 is 0 Å². The largest absolute Gasteiger partial charge is 0.495 e. The number of primary amides is 1. The highest BCUT2D eigenvalue weighted by atomic mass is 32.2. The van der Waals surface area contributed by atoms with Gasteiger partial charge in [-0.3, -0.25) is 9.59 Å². The zero-order chi connectivity index (χ0) is 25.0. The quantitative estimate of drug-likeness (QED) is 0.488. The summed E-state index contributed by atoms with van der Waals surface area (Å²) in [5.74, 6) is -0.271. The lowest BCUT2D eigenvalue weighted by Crippen LogP contribution is -2.28. The van der Waals surface area contributed by atoms with Gasteiger partial charge in [0.2, 0.25) is 21.8 Å². The summed E-state index contributed by atoms with van der Waals surface area (Å²) in [5, 5.41) is 2.69. The number of carbonyl (C=O) groups is 2. The molecule has 4 rings (SSSR count). The van der Waals surface area contributed by atoms with Crippen LogP contribution in [0.1, 0.15) is 33.6 Å². The topological polar surface area (TPSA) is 141 Å². The van der Waals surface area contributed by atoms with E-state index in [1.54, 1.807) is 30.3 Å². The number of nitrogens with one attached hydrogen (secondary N) is 1. The molecule has 1 aliphatic rings. The molecule has 11 heteroatoms. The number of rotatable bonds is 8. The van der Waals surface area contributed by atoms with Crippen LogP contribution < -0.4 is 20.5 Å². The third-order valence-corrected chi connectivity index (χ3v) is 7.36. The fourth-order valence-corrected chi connectivity index (χ4v) is 5.34. The number of sulfonamides is 1. The van der Waals surface area contributed by atoms with Crippen molar-refractivity contribution in [2.24, 2.45) is 5.73 Å². The van der Waals surface area contributed by atoms with E-state index in [0.29, 0.717) is 30.1 Å². The van der Waals surface area contributed by atoms with Gasteiger partial charge in [-0.2, -0.15) is 4.31 Å². The van der Waals surface area contributed by atoms with Gasteiger partial charge in [0.15, 0.2) is 0 Å². The van der Waals surface area contributed by atoms with E-state index in [4.69, 9.17) is 15.2 Å². The molecule has 0 bridgehead atoms. The summed E-state index contributed by atoms with van der Waals surface area (Å²) in [5.41, 5.74) is 6.12. The van der Waals surface area contributed by atoms with Crippen LogP contribution in [0.4, 0.5) is 5.69 Å². The van der Waals surface area contributed by atoms with Gasteiger partial charge >= 0.3 is 0 Å². The van der Waals surface area contributed by atoms with Crippen LogP contribution in [-0.4, -0.2) is 49.7 Å². The zero-order valence-electron chi connectivity index (χ0n) is 18.9. The lowest BCUT2D eigenvalue weighted by atomic mass is 10.2. The summed E-state index contributed by atoms with van der Waals surface area (Å²) in [6, 6.07) is 13.8. The third-order valence-electron chi connectivity index (χ3n) is 5.44. The van der Waals surface area contributed by atoms with Crippen LogP contribution in [0.2, 0.25) is 0 Å². The summed E-state index contributed by atoms with van der Waals surface area (Å²) < 4.78 is 38.4. The van der Waals surface area contributed by atoms with Gasteiger partial charge in [0.1, 0.15) is 16.4 Å². The van der Waals surface area contributed by atoms with Gasteiger partial charge < -0.3 is 20.5 Å². The van der Waals surface area contributed by atoms with E-state index in [0.717, 1.165) is 12.8 Å². The molecule has 1 fully saturated rings. The smallest absolute Gasteiger partial charge is 0.255 e. The predicted molar refractivity (Wildman–Crippen MR) is 128 cm³/mol. The zero-order valence-corrected chi connectivity index (χ0v) is 19.7. The van der Waals surface area contributed by atoms with Gasteiger partial charge in [-0.25, -0.2) is 13.4 Å². The monoisotopic (exact) mass is 496 g/mol. The predicted octanol–water partition coefficient (Wildman–Crippen LogP) is 3.02. The number of hydrogen-bond acceptors (Lipinski definition) is 7. The molecular weight excluding hydrogens is 472 g/mol. The summed E-state index contributed by atoms with van der Waals surface area (Å²) in [6.45, 7) is 0.879. The number of carbonyl (C=O) groups excluding carboxylic acids is 2. The number of methoxy groups -OCH3 is 1. The Balaban J connectivity index is 1.49.